The lowest BCUT2D eigenvalue weighted by Crippen LogP contribution is -2.01. The average molecular weight is 642 g/mol. The number of thiophene rings is 1. The van der Waals surface area contributed by atoms with Gasteiger partial charge >= 0.3 is 0 Å². The fourth-order valence-corrected chi connectivity index (χ4v) is 8.27. The van der Waals surface area contributed by atoms with Crippen LogP contribution >= 0.6 is 11.3 Å². The monoisotopic (exact) mass is 641 g/mol. The third-order valence-electron chi connectivity index (χ3n) is 9.49. The maximum Gasteiger partial charge on any atom is 0.164 e. The van der Waals surface area contributed by atoms with Gasteiger partial charge in [0.05, 0.1) is 0 Å². The highest BCUT2D eigenvalue weighted by atomic mass is 32.1. The van der Waals surface area contributed by atoms with Gasteiger partial charge in [-0.1, -0.05) is 133 Å². The van der Waals surface area contributed by atoms with Crippen molar-refractivity contribution in [2.45, 2.75) is 0 Å². The Morgan fingerprint density at radius 1 is 0.327 bits per heavy atom. The number of aromatic nitrogens is 3. The summed E-state index contributed by atoms with van der Waals surface area (Å²) >= 11 is 1.80. The molecular formula is C45H27N3S. The van der Waals surface area contributed by atoms with Crippen LogP contribution in [0.3, 0.4) is 0 Å². The lowest BCUT2D eigenvalue weighted by molar-refractivity contribution is 1.08. The van der Waals surface area contributed by atoms with E-state index in [2.05, 4.69) is 164 Å². The first-order valence-corrected chi connectivity index (χ1v) is 17.3. The van der Waals surface area contributed by atoms with E-state index in [-0.39, 0.29) is 0 Å². The molecule has 49 heavy (non-hydrogen) atoms. The minimum atomic E-state index is 0.655. The number of hydrogen-bond donors (Lipinski definition) is 0. The van der Waals surface area contributed by atoms with Crippen molar-refractivity contribution in [3.05, 3.63) is 164 Å². The summed E-state index contributed by atoms with van der Waals surface area (Å²) in [6.45, 7) is 0. The van der Waals surface area contributed by atoms with Gasteiger partial charge in [0.2, 0.25) is 0 Å². The standard InChI is InChI=1S/C45H27N3S/c1-2-11-28(12-3-1)29-21-22-31-26-33(24-23-30(31)25-29)43-46-44(38-18-10-20-41-42(38)37-17-8-9-19-40(37)49-41)48-45(47-43)39-27-32-13-4-5-14-34(32)35-15-6-7-16-36(35)39/h1-27H. The smallest absolute Gasteiger partial charge is 0.164 e. The van der Waals surface area contributed by atoms with Crippen LogP contribution in [-0.4, -0.2) is 15.0 Å². The Kier molecular flexibility index (Phi) is 6.36. The van der Waals surface area contributed by atoms with Crippen molar-refractivity contribution < 1.29 is 0 Å². The summed E-state index contributed by atoms with van der Waals surface area (Å²) in [4.78, 5) is 15.8. The van der Waals surface area contributed by atoms with Crippen molar-refractivity contribution in [3.8, 4) is 45.3 Å². The minimum absolute atomic E-state index is 0.655. The quantitative estimate of drug-likeness (QED) is 0.180. The second-order valence-electron chi connectivity index (χ2n) is 12.4. The predicted octanol–water partition coefficient (Wildman–Crippen LogP) is 12.4. The van der Waals surface area contributed by atoms with Gasteiger partial charge in [-0.15, -0.1) is 11.3 Å². The lowest BCUT2D eigenvalue weighted by atomic mass is 9.96. The summed E-state index contributed by atoms with van der Waals surface area (Å²) in [7, 11) is 0. The summed E-state index contributed by atoms with van der Waals surface area (Å²) < 4.78 is 2.47. The molecule has 2 heterocycles. The predicted molar refractivity (Wildman–Crippen MR) is 207 cm³/mol. The molecule has 0 bridgehead atoms. The van der Waals surface area contributed by atoms with Gasteiger partial charge < -0.3 is 0 Å². The number of hydrogen-bond acceptors (Lipinski definition) is 4. The first kappa shape index (κ1) is 27.8. The Bertz CT molecular complexity index is 2890. The van der Waals surface area contributed by atoms with Gasteiger partial charge in [0, 0.05) is 36.9 Å². The fraction of sp³-hybridized carbons (Fsp3) is 0. The highest BCUT2D eigenvalue weighted by Crippen LogP contribution is 2.41. The normalized spacial score (nSPS) is 11.7. The molecule has 0 N–H and O–H groups in total. The second kappa shape index (κ2) is 11.2. The molecule has 3 nitrogen and oxygen atoms in total. The van der Waals surface area contributed by atoms with E-state index >= 15 is 0 Å². The van der Waals surface area contributed by atoms with E-state index in [1.807, 2.05) is 0 Å². The molecule has 0 aliphatic carbocycles. The van der Waals surface area contributed by atoms with Gasteiger partial charge in [-0.2, -0.15) is 0 Å². The Labute approximate surface area is 286 Å². The summed E-state index contributed by atoms with van der Waals surface area (Å²) in [6.07, 6.45) is 0. The zero-order chi connectivity index (χ0) is 32.3. The van der Waals surface area contributed by atoms with Crippen molar-refractivity contribution in [1.29, 1.82) is 0 Å². The summed E-state index contributed by atoms with van der Waals surface area (Å²) in [5.41, 5.74) is 5.37. The van der Waals surface area contributed by atoms with E-state index in [4.69, 9.17) is 15.0 Å². The highest BCUT2D eigenvalue weighted by Gasteiger charge is 2.19. The molecule has 8 aromatic carbocycles. The lowest BCUT2D eigenvalue weighted by Gasteiger charge is -2.13. The SMILES string of the molecule is c1ccc(-c2ccc3cc(-c4nc(-c5cc6ccccc6c6ccccc56)nc(-c5cccc6sc7ccccc7c56)n4)ccc3c2)cc1. The van der Waals surface area contributed by atoms with Crippen molar-refractivity contribution in [3.63, 3.8) is 0 Å². The van der Waals surface area contributed by atoms with E-state index < -0.39 is 0 Å². The molecule has 0 aliphatic heterocycles. The van der Waals surface area contributed by atoms with Crippen molar-refractivity contribution in [2.75, 3.05) is 0 Å². The van der Waals surface area contributed by atoms with Gasteiger partial charge in [0.1, 0.15) is 0 Å². The van der Waals surface area contributed by atoms with Crippen LogP contribution in [0.25, 0.3) is 97.8 Å². The van der Waals surface area contributed by atoms with Crippen molar-refractivity contribution >= 4 is 63.8 Å². The second-order valence-corrected chi connectivity index (χ2v) is 13.5. The number of benzene rings is 8. The van der Waals surface area contributed by atoms with E-state index in [0.29, 0.717) is 17.5 Å². The molecule has 0 unspecified atom stereocenters. The molecule has 0 atom stereocenters. The minimum Gasteiger partial charge on any atom is -0.208 e. The molecule has 228 valence electrons. The van der Waals surface area contributed by atoms with Crippen LogP contribution in [0, 0.1) is 0 Å². The molecule has 0 fully saturated rings. The van der Waals surface area contributed by atoms with Gasteiger partial charge in [0.25, 0.3) is 0 Å². The van der Waals surface area contributed by atoms with E-state index in [1.165, 1.54) is 47.5 Å². The number of fused-ring (bicyclic) bond motifs is 7. The molecule has 0 amide bonds. The largest absolute Gasteiger partial charge is 0.208 e. The van der Waals surface area contributed by atoms with Crippen LogP contribution in [-0.2, 0) is 0 Å². The molecular weight excluding hydrogens is 615 g/mol. The molecule has 0 radical (unpaired) electrons. The van der Waals surface area contributed by atoms with Crippen LogP contribution in [0.2, 0.25) is 0 Å². The first-order valence-electron chi connectivity index (χ1n) is 16.4. The number of nitrogens with zero attached hydrogens (tertiary/aromatic N) is 3. The molecule has 0 saturated heterocycles. The molecule has 4 heteroatoms. The Hall–Kier alpha value is -6.23. The Morgan fingerprint density at radius 3 is 1.78 bits per heavy atom. The maximum atomic E-state index is 5.28. The van der Waals surface area contributed by atoms with Gasteiger partial charge in [-0.05, 0) is 73.8 Å². The Morgan fingerprint density at radius 2 is 0.939 bits per heavy atom. The van der Waals surface area contributed by atoms with Crippen molar-refractivity contribution in [2.24, 2.45) is 0 Å². The van der Waals surface area contributed by atoms with Crippen LogP contribution in [0.4, 0.5) is 0 Å². The third-order valence-corrected chi connectivity index (χ3v) is 10.6. The Balaban J connectivity index is 1.22. The zero-order valence-corrected chi connectivity index (χ0v) is 27.2. The van der Waals surface area contributed by atoms with Gasteiger partial charge in [-0.3, -0.25) is 0 Å². The number of rotatable bonds is 4. The topological polar surface area (TPSA) is 38.7 Å². The molecule has 10 aromatic rings. The van der Waals surface area contributed by atoms with Gasteiger partial charge in [0.15, 0.2) is 17.5 Å². The van der Waals surface area contributed by atoms with E-state index in [0.717, 1.165) is 32.8 Å². The first-order chi connectivity index (χ1) is 24.3. The van der Waals surface area contributed by atoms with Gasteiger partial charge in [-0.25, -0.2) is 15.0 Å². The summed E-state index contributed by atoms with van der Waals surface area (Å²) in [5.74, 6) is 1.99. The molecule has 0 saturated carbocycles. The zero-order valence-electron chi connectivity index (χ0n) is 26.3. The maximum absolute atomic E-state index is 5.28. The average Bonchev–Trinajstić information content (AvgIpc) is 3.56. The molecule has 0 aliphatic rings. The van der Waals surface area contributed by atoms with Crippen LogP contribution < -0.4 is 0 Å². The van der Waals surface area contributed by atoms with Crippen LogP contribution in [0.15, 0.2) is 164 Å². The summed E-state index contributed by atoms with van der Waals surface area (Å²) in [5, 5.41) is 9.40. The third kappa shape index (κ3) is 4.68. The van der Waals surface area contributed by atoms with E-state index in [1.54, 1.807) is 11.3 Å². The van der Waals surface area contributed by atoms with Crippen LogP contribution in [0.5, 0.6) is 0 Å². The highest BCUT2D eigenvalue weighted by molar-refractivity contribution is 7.25. The van der Waals surface area contributed by atoms with Crippen LogP contribution in [0.1, 0.15) is 0 Å². The fourth-order valence-electron chi connectivity index (χ4n) is 7.14. The van der Waals surface area contributed by atoms with Crippen molar-refractivity contribution in [1.82, 2.24) is 15.0 Å². The molecule has 0 spiro atoms. The van der Waals surface area contributed by atoms with E-state index in [9.17, 15) is 0 Å². The molecule has 10 rings (SSSR count). The summed E-state index contributed by atoms with van der Waals surface area (Å²) in [6, 6.07) is 58.0. The molecule has 2 aromatic heterocycles.